The summed E-state index contributed by atoms with van der Waals surface area (Å²) in [4.78, 5) is 22.6. The summed E-state index contributed by atoms with van der Waals surface area (Å²) in [6, 6.07) is 11.3. The predicted octanol–water partition coefficient (Wildman–Crippen LogP) is 3.75. The van der Waals surface area contributed by atoms with E-state index in [1.807, 2.05) is 31.2 Å². The highest BCUT2D eigenvalue weighted by Gasteiger charge is 2.17. The molecule has 0 radical (unpaired) electrons. The summed E-state index contributed by atoms with van der Waals surface area (Å²) in [5.41, 5.74) is 1.02. The number of carboxylic acids is 1. The molecule has 0 saturated heterocycles. The Balaban J connectivity index is 2.41. The SMILES string of the molecule is Cc1ccc(Sc2cc(C(=O)O)ccc2[N+](=O)[O-])cc1. The average molecular weight is 289 g/mol. The zero-order valence-corrected chi connectivity index (χ0v) is 11.4. The minimum absolute atomic E-state index is 0.0326. The van der Waals surface area contributed by atoms with Crippen LogP contribution in [0, 0.1) is 17.0 Å². The van der Waals surface area contributed by atoms with Crippen LogP contribution in [0.15, 0.2) is 52.3 Å². The van der Waals surface area contributed by atoms with Crippen molar-refractivity contribution in [2.45, 2.75) is 16.7 Å². The van der Waals surface area contributed by atoms with E-state index in [0.717, 1.165) is 10.5 Å². The zero-order valence-electron chi connectivity index (χ0n) is 10.6. The maximum absolute atomic E-state index is 11.0. The molecule has 0 saturated carbocycles. The van der Waals surface area contributed by atoms with Crippen molar-refractivity contribution < 1.29 is 14.8 Å². The van der Waals surface area contributed by atoms with Crippen molar-refractivity contribution in [1.82, 2.24) is 0 Å². The Morgan fingerprint density at radius 3 is 2.40 bits per heavy atom. The van der Waals surface area contributed by atoms with Crippen molar-refractivity contribution >= 4 is 23.4 Å². The number of hydrogen-bond acceptors (Lipinski definition) is 4. The van der Waals surface area contributed by atoms with Crippen molar-refractivity contribution in [3.63, 3.8) is 0 Å². The summed E-state index contributed by atoms with van der Waals surface area (Å²) in [6.45, 7) is 1.95. The molecule has 2 aromatic carbocycles. The van der Waals surface area contributed by atoms with Crippen LogP contribution in [0.2, 0.25) is 0 Å². The molecule has 2 rings (SSSR count). The average Bonchev–Trinajstić information content (AvgIpc) is 2.41. The second-order valence-corrected chi connectivity index (χ2v) is 5.28. The summed E-state index contributed by atoms with van der Waals surface area (Å²) in [5, 5.41) is 20.0. The van der Waals surface area contributed by atoms with Crippen molar-refractivity contribution in [3.8, 4) is 0 Å². The Kier molecular flexibility index (Phi) is 4.05. The van der Waals surface area contributed by atoms with Gasteiger partial charge in [-0.1, -0.05) is 29.5 Å². The summed E-state index contributed by atoms with van der Waals surface area (Å²) in [7, 11) is 0. The smallest absolute Gasteiger partial charge is 0.335 e. The van der Waals surface area contributed by atoms with Crippen LogP contribution in [0.4, 0.5) is 5.69 Å². The van der Waals surface area contributed by atoms with E-state index in [1.165, 1.54) is 30.0 Å². The van der Waals surface area contributed by atoms with E-state index in [2.05, 4.69) is 0 Å². The van der Waals surface area contributed by atoms with Gasteiger partial charge in [0.15, 0.2) is 0 Å². The Morgan fingerprint density at radius 2 is 1.85 bits per heavy atom. The molecule has 0 spiro atoms. The molecule has 0 unspecified atom stereocenters. The first kappa shape index (κ1) is 14.1. The number of nitro groups is 1. The Morgan fingerprint density at radius 1 is 1.20 bits per heavy atom. The normalized spacial score (nSPS) is 10.2. The minimum Gasteiger partial charge on any atom is -0.478 e. The quantitative estimate of drug-likeness (QED) is 0.684. The molecule has 1 N–H and O–H groups in total. The van der Waals surface area contributed by atoms with Gasteiger partial charge in [-0.3, -0.25) is 10.1 Å². The molecular weight excluding hydrogens is 278 g/mol. The number of nitrogens with zero attached hydrogens (tertiary/aromatic N) is 1. The Hall–Kier alpha value is -2.34. The van der Waals surface area contributed by atoms with E-state index in [1.54, 1.807) is 0 Å². The Bertz CT molecular complexity index is 667. The number of aryl methyl sites for hydroxylation is 1. The number of nitro benzene ring substituents is 1. The summed E-state index contributed by atoms with van der Waals surface area (Å²) < 4.78 is 0. The van der Waals surface area contributed by atoms with E-state index in [-0.39, 0.29) is 11.3 Å². The number of carbonyl (C=O) groups is 1. The third-order valence-electron chi connectivity index (χ3n) is 2.65. The molecule has 20 heavy (non-hydrogen) atoms. The van der Waals surface area contributed by atoms with Gasteiger partial charge in [-0.15, -0.1) is 0 Å². The molecule has 102 valence electrons. The van der Waals surface area contributed by atoms with Crippen molar-refractivity contribution in [2.75, 3.05) is 0 Å². The number of hydrogen-bond donors (Lipinski definition) is 1. The largest absolute Gasteiger partial charge is 0.478 e. The molecule has 2 aromatic rings. The first-order chi connectivity index (χ1) is 9.47. The molecule has 0 fully saturated rings. The standard InChI is InChI=1S/C14H11NO4S/c1-9-2-5-11(6-3-9)20-13-8-10(14(16)17)4-7-12(13)15(18)19/h2-8H,1H3,(H,16,17). The molecule has 0 atom stereocenters. The zero-order chi connectivity index (χ0) is 14.7. The van der Waals surface area contributed by atoms with Crippen LogP contribution >= 0.6 is 11.8 Å². The fraction of sp³-hybridized carbons (Fsp3) is 0.0714. The van der Waals surface area contributed by atoms with E-state index in [9.17, 15) is 14.9 Å². The number of aromatic carboxylic acids is 1. The maximum atomic E-state index is 11.0. The van der Waals surface area contributed by atoms with Gasteiger partial charge in [0.25, 0.3) is 5.69 Å². The van der Waals surface area contributed by atoms with Crippen LogP contribution < -0.4 is 0 Å². The van der Waals surface area contributed by atoms with Gasteiger partial charge >= 0.3 is 5.97 Å². The van der Waals surface area contributed by atoms with Gasteiger partial charge in [0.05, 0.1) is 15.4 Å². The van der Waals surface area contributed by atoms with Crippen LogP contribution in [-0.4, -0.2) is 16.0 Å². The molecule has 0 aliphatic rings. The van der Waals surface area contributed by atoms with Crippen molar-refractivity contribution in [3.05, 3.63) is 63.7 Å². The fourth-order valence-corrected chi connectivity index (χ4v) is 2.57. The molecule has 0 aliphatic heterocycles. The lowest BCUT2D eigenvalue weighted by atomic mass is 10.2. The van der Waals surface area contributed by atoms with Crippen LogP contribution in [0.1, 0.15) is 15.9 Å². The number of benzene rings is 2. The van der Waals surface area contributed by atoms with E-state index >= 15 is 0 Å². The molecule has 6 heteroatoms. The third kappa shape index (κ3) is 3.16. The van der Waals surface area contributed by atoms with Gasteiger partial charge in [-0.25, -0.2) is 4.79 Å². The van der Waals surface area contributed by atoms with Crippen molar-refractivity contribution in [2.24, 2.45) is 0 Å². The summed E-state index contributed by atoms with van der Waals surface area (Å²) in [6.07, 6.45) is 0. The molecular formula is C14H11NO4S. The van der Waals surface area contributed by atoms with Gasteiger partial charge in [0, 0.05) is 11.0 Å². The van der Waals surface area contributed by atoms with Gasteiger partial charge in [0.2, 0.25) is 0 Å². The maximum Gasteiger partial charge on any atom is 0.335 e. The lowest BCUT2D eigenvalue weighted by Crippen LogP contribution is -1.98. The van der Waals surface area contributed by atoms with Crippen LogP contribution in [0.5, 0.6) is 0 Å². The van der Waals surface area contributed by atoms with E-state index in [4.69, 9.17) is 5.11 Å². The highest BCUT2D eigenvalue weighted by atomic mass is 32.2. The second kappa shape index (κ2) is 5.75. The van der Waals surface area contributed by atoms with E-state index < -0.39 is 10.9 Å². The highest BCUT2D eigenvalue weighted by Crippen LogP contribution is 2.35. The first-order valence-electron chi connectivity index (χ1n) is 5.73. The first-order valence-corrected chi connectivity index (χ1v) is 6.55. The van der Waals surface area contributed by atoms with Crippen molar-refractivity contribution in [1.29, 1.82) is 0 Å². The monoisotopic (exact) mass is 289 g/mol. The highest BCUT2D eigenvalue weighted by molar-refractivity contribution is 7.99. The fourth-order valence-electron chi connectivity index (χ4n) is 1.61. The van der Waals surface area contributed by atoms with Gasteiger partial charge < -0.3 is 5.11 Å². The number of rotatable bonds is 4. The number of carboxylic acid groups (broad SMARTS) is 1. The van der Waals surface area contributed by atoms with Crippen LogP contribution in [0.25, 0.3) is 0 Å². The molecule has 0 bridgehead atoms. The Labute approximate surface area is 119 Å². The summed E-state index contributed by atoms with van der Waals surface area (Å²) >= 11 is 1.18. The lowest BCUT2D eigenvalue weighted by molar-refractivity contribution is -0.387. The lowest BCUT2D eigenvalue weighted by Gasteiger charge is -2.05. The van der Waals surface area contributed by atoms with Gasteiger partial charge in [0.1, 0.15) is 0 Å². The van der Waals surface area contributed by atoms with Gasteiger partial charge in [-0.2, -0.15) is 0 Å². The predicted molar refractivity (Wildman–Crippen MR) is 75.4 cm³/mol. The molecule has 0 aromatic heterocycles. The third-order valence-corrected chi connectivity index (χ3v) is 3.71. The van der Waals surface area contributed by atoms with Gasteiger partial charge in [-0.05, 0) is 31.2 Å². The van der Waals surface area contributed by atoms with Crippen LogP contribution in [-0.2, 0) is 0 Å². The molecule has 0 amide bonds. The molecule has 5 nitrogen and oxygen atoms in total. The topological polar surface area (TPSA) is 80.4 Å². The molecule has 0 aliphatic carbocycles. The summed E-state index contributed by atoms with van der Waals surface area (Å²) in [5.74, 6) is -1.11. The van der Waals surface area contributed by atoms with E-state index in [0.29, 0.717) is 4.90 Å². The molecule has 0 heterocycles. The van der Waals surface area contributed by atoms with Crippen LogP contribution in [0.3, 0.4) is 0 Å². The minimum atomic E-state index is -1.11. The second-order valence-electron chi connectivity index (χ2n) is 4.16.